The van der Waals surface area contributed by atoms with Crippen molar-refractivity contribution in [2.24, 2.45) is 0 Å². The van der Waals surface area contributed by atoms with E-state index >= 15 is 0 Å². The molecule has 1 N–H and O–H groups in total. The zero-order valence-electron chi connectivity index (χ0n) is 17.3. The lowest BCUT2D eigenvalue weighted by Gasteiger charge is -2.34. The summed E-state index contributed by atoms with van der Waals surface area (Å²) in [7, 11) is 0. The number of aromatic nitrogens is 2. The second-order valence-electron chi connectivity index (χ2n) is 7.39. The number of carbonyl (C=O) groups excluding carboxylic acids is 1. The van der Waals surface area contributed by atoms with Crippen molar-refractivity contribution in [3.8, 4) is 0 Å². The number of amides is 1. The maximum atomic E-state index is 13.0. The molecule has 2 aromatic carbocycles. The Morgan fingerprint density at radius 1 is 0.967 bits per heavy atom. The van der Waals surface area contributed by atoms with Gasteiger partial charge in [-0.2, -0.15) is 0 Å². The monoisotopic (exact) mass is 401 g/mol. The van der Waals surface area contributed by atoms with E-state index in [0.717, 1.165) is 42.3 Å². The summed E-state index contributed by atoms with van der Waals surface area (Å²) < 4.78 is 0. The van der Waals surface area contributed by atoms with Crippen molar-refractivity contribution in [3.63, 3.8) is 0 Å². The van der Waals surface area contributed by atoms with E-state index in [0.29, 0.717) is 19.6 Å². The van der Waals surface area contributed by atoms with Crippen LogP contribution in [0.25, 0.3) is 0 Å². The van der Waals surface area contributed by atoms with Gasteiger partial charge in [0.15, 0.2) is 0 Å². The van der Waals surface area contributed by atoms with Gasteiger partial charge in [0.2, 0.25) is 5.95 Å². The summed E-state index contributed by atoms with van der Waals surface area (Å²) >= 11 is 0. The van der Waals surface area contributed by atoms with E-state index in [-0.39, 0.29) is 5.91 Å². The maximum absolute atomic E-state index is 13.0. The number of hydrogen-bond acceptors (Lipinski definition) is 5. The summed E-state index contributed by atoms with van der Waals surface area (Å²) in [4.78, 5) is 25.7. The van der Waals surface area contributed by atoms with Gasteiger partial charge in [-0.25, -0.2) is 9.97 Å². The van der Waals surface area contributed by atoms with Crippen LogP contribution in [0.2, 0.25) is 0 Å². The summed E-state index contributed by atoms with van der Waals surface area (Å²) in [6.07, 6.45) is 4.48. The Bertz CT molecular complexity index is 984. The number of rotatable bonds is 6. The maximum Gasteiger partial charge on any atom is 0.253 e. The molecule has 2 heterocycles. The SMILES string of the molecule is CCc1ccccc1NCc1cccc(C(=O)N2CCN(c3ncccn3)CC2)c1. The van der Waals surface area contributed by atoms with Crippen molar-refractivity contribution in [2.45, 2.75) is 19.9 Å². The molecule has 3 aromatic rings. The highest BCUT2D eigenvalue weighted by atomic mass is 16.2. The summed E-state index contributed by atoms with van der Waals surface area (Å²) in [6, 6.07) is 18.1. The first-order valence-electron chi connectivity index (χ1n) is 10.5. The van der Waals surface area contributed by atoms with Gasteiger partial charge in [0.05, 0.1) is 0 Å². The van der Waals surface area contributed by atoms with Gasteiger partial charge in [0.1, 0.15) is 0 Å². The molecular weight excluding hydrogens is 374 g/mol. The lowest BCUT2D eigenvalue weighted by molar-refractivity contribution is 0.0746. The molecule has 6 heteroatoms. The van der Waals surface area contributed by atoms with Crippen LogP contribution in [0.4, 0.5) is 11.6 Å². The van der Waals surface area contributed by atoms with Crippen LogP contribution in [-0.4, -0.2) is 47.0 Å². The van der Waals surface area contributed by atoms with Crippen molar-refractivity contribution in [1.29, 1.82) is 0 Å². The Hall–Kier alpha value is -3.41. The molecule has 154 valence electrons. The van der Waals surface area contributed by atoms with Crippen LogP contribution in [-0.2, 0) is 13.0 Å². The molecule has 0 saturated carbocycles. The smallest absolute Gasteiger partial charge is 0.253 e. The van der Waals surface area contributed by atoms with Gasteiger partial charge < -0.3 is 15.1 Å². The normalized spacial score (nSPS) is 13.9. The highest BCUT2D eigenvalue weighted by molar-refractivity contribution is 5.94. The van der Waals surface area contributed by atoms with E-state index < -0.39 is 0 Å². The van der Waals surface area contributed by atoms with Crippen molar-refractivity contribution in [2.75, 3.05) is 36.4 Å². The molecule has 0 unspecified atom stereocenters. The molecule has 1 aliphatic heterocycles. The first-order valence-corrected chi connectivity index (χ1v) is 10.5. The van der Waals surface area contributed by atoms with Gasteiger partial charge in [0.25, 0.3) is 5.91 Å². The van der Waals surface area contributed by atoms with E-state index in [1.165, 1.54) is 5.56 Å². The second kappa shape index (κ2) is 9.39. The summed E-state index contributed by atoms with van der Waals surface area (Å²) in [5, 5.41) is 3.50. The molecule has 1 aliphatic rings. The van der Waals surface area contributed by atoms with E-state index in [1.54, 1.807) is 12.4 Å². The van der Waals surface area contributed by atoms with Crippen LogP contribution in [0.5, 0.6) is 0 Å². The average molecular weight is 402 g/mol. The number of nitrogens with zero attached hydrogens (tertiary/aromatic N) is 4. The molecule has 0 radical (unpaired) electrons. The summed E-state index contributed by atoms with van der Waals surface area (Å²) in [5.74, 6) is 0.810. The van der Waals surface area contributed by atoms with Crippen molar-refractivity contribution in [3.05, 3.63) is 83.7 Å². The third kappa shape index (κ3) is 4.59. The molecule has 6 nitrogen and oxygen atoms in total. The van der Waals surface area contributed by atoms with E-state index in [2.05, 4.69) is 51.4 Å². The third-order valence-corrected chi connectivity index (χ3v) is 5.46. The number of para-hydroxylation sites is 1. The highest BCUT2D eigenvalue weighted by Gasteiger charge is 2.23. The topological polar surface area (TPSA) is 61.4 Å². The Morgan fingerprint density at radius 3 is 2.50 bits per heavy atom. The first kappa shape index (κ1) is 19.9. The zero-order valence-corrected chi connectivity index (χ0v) is 17.3. The Kier molecular flexibility index (Phi) is 6.23. The van der Waals surface area contributed by atoms with Gasteiger partial charge in [-0.1, -0.05) is 37.3 Å². The minimum absolute atomic E-state index is 0.0828. The van der Waals surface area contributed by atoms with Gasteiger partial charge >= 0.3 is 0 Å². The zero-order chi connectivity index (χ0) is 20.8. The third-order valence-electron chi connectivity index (χ3n) is 5.46. The predicted molar refractivity (Wildman–Crippen MR) is 120 cm³/mol. The van der Waals surface area contributed by atoms with Crippen LogP contribution in [0.1, 0.15) is 28.4 Å². The standard InChI is InChI=1S/C24H27N5O/c1-2-20-8-3-4-10-22(20)27-18-19-7-5-9-21(17-19)23(30)28-13-15-29(16-14-28)24-25-11-6-12-26-24/h3-12,17,27H,2,13-16,18H2,1H3. The molecule has 0 spiro atoms. The number of hydrogen-bond donors (Lipinski definition) is 1. The molecule has 30 heavy (non-hydrogen) atoms. The summed E-state index contributed by atoms with van der Waals surface area (Å²) in [5.41, 5.74) is 4.28. The molecule has 4 rings (SSSR count). The van der Waals surface area contributed by atoms with E-state index in [4.69, 9.17) is 0 Å². The molecule has 1 amide bonds. The molecule has 0 bridgehead atoms. The number of aryl methyl sites for hydroxylation is 1. The van der Waals surface area contributed by atoms with Crippen molar-refractivity contribution >= 4 is 17.5 Å². The Labute approximate surface area is 177 Å². The number of piperazine rings is 1. The van der Waals surface area contributed by atoms with E-state index in [9.17, 15) is 4.79 Å². The molecule has 1 fully saturated rings. The van der Waals surface area contributed by atoms with Gasteiger partial charge in [-0.05, 0) is 41.8 Å². The van der Waals surface area contributed by atoms with Crippen LogP contribution >= 0.6 is 0 Å². The number of carbonyl (C=O) groups is 1. The number of anilines is 2. The molecular formula is C24H27N5O. The fourth-order valence-corrected chi connectivity index (χ4v) is 3.76. The van der Waals surface area contributed by atoms with Crippen molar-refractivity contribution < 1.29 is 4.79 Å². The van der Waals surface area contributed by atoms with Crippen LogP contribution in [0, 0.1) is 0 Å². The molecule has 0 aliphatic carbocycles. The fourth-order valence-electron chi connectivity index (χ4n) is 3.76. The van der Waals surface area contributed by atoms with Gasteiger partial charge in [0, 0.05) is 56.4 Å². The number of benzene rings is 2. The molecule has 0 atom stereocenters. The highest BCUT2D eigenvalue weighted by Crippen LogP contribution is 2.18. The number of nitrogens with one attached hydrogen (secondary N) is 1. The second-order valence-corrected chi connectivity index (χ2v) is 7.39. The van der Waals surface area contributed by atoms with Crippen LogP contribution in [0.3, 0.4) is 0 Å². The summed E-state index contributed by atoms with van der Waals surface area (Å²) in [6.45, 7) is 5.67. The lowest BCUT2D eigenvalue weighted by Crippen LogP contribution is -2.49. The van der Waals surface area contributed by atoms with Crippen LogP contribution < -0.4 is 10.2 Å². The predicted octanol–water partition coefficient (Wildman–Crippen LogP) is 3.61. The first-order chi connectivity index (χ1) is 14.7. The van der Waals surface area contributed by atoms with E-state index in [1.807, 2.05) is 35.2 Å². The molecule has 1 saturated heterocycles. The average Bonchev–Trinajstić information content (AvgIpc) is 2.83. The molecule has 1 aromatic heterocycles. The van der Waals surface area contributed by atoms with Crippen LogP contribution in [0.15, 0.2) is 67.0 Å². The largest absolute Gasteiger partial charge is 0.381 e. The van der Waals surface area contributed by atoms with Gasteiger partial charge in [-0.15, -0.1) is 0 Å². The lowest BCUT2D eigenvalue weighted by atomic mass is 10.1. The fraction of sp³-hybridized carbons (Fsp3) is 0.292. The van der Waals surface area contributed by atoms with Crippen molar-refractivity contribution in [1.82, 2.24) is 14.9 Å². The Morgan fingerprint density at radius 2 is 1.73 bits per heavy atom. The Balaban J connectivity index is 1.37. The minimum Gasteiger partial charge on any atom is -0.381 e. The minimum atomic E-state index is 0.0828. The quantitative estimate of drug-likeness (QED) is 0.684. The van der Waals surface area contributed by atoms with Gasteiger partial charge in [-0.3, -0.25) is 4.79 Å².